The van der Waals surface area contributed by atoms with Crippen LogP contribution in [0.25, 0.3) is 0 Å². The quantitative estimate of drug-likeness (QED) is 0.567. The van der Waals surface area contributed by atoms with Gasteiger partial charge in [-0.1, -0.05) is 25.1 Å². The predicted octanol–water partition coefficient (Wildman–Crippen LogP) is -0.325. The van der Waals surface area contributed by atoms with Gasteiger partial charge in [0.2, 0.25) is 0 Å². The van der Waals surface area contributed by atoms with Gasteiger partial charge in [0.05, 0.1) is 6.10 Å². The van der Waals surface area contributed by atoms with Gasteiger partial charge in [-0.25, -0.2) is 0 Å². The summed E-state index contributed by atoms with van der Waals surface area (Å²) in [6, 6.07) is -0.473. The van der Waals surface area contributed by atoms with Crippen LogP contribution >= 0.6 is 11.8 Å². The highest BCUT2D eigenvalue weighted by Gasteiger charge is 2.49. The molecule has 1 saturated heterocycles. The van der Waals surface area contributed by atoms with Gasteiger partial charge in [-0.2, -0.15) is 0 Å². The van der Waals surface area contributed by atoms with E-state index < -0.39 is 30.5 Å². The molecule has 2 aliphatic rings. The number of amidine groups is 1. The fraction of sp³-hybridized carbons (Fsp3) is 0.917. The Bertz CT molecular complexity index is 342. The Balaban J connectivity index is 2.05. The molecule has 2 aliphatic heterocycles. The smallest absolute Gasteiger partial charge is 0.159 e. The van der Waals surface area contributed by atoms with Crippen molar-refractivity contribution in [1.82, 2.24) is 5.32 Å². The maximum atomic E-state index is 10.1. The van der Waals surface area contributed by atoms with Gasteiger partial charge in [0.15, 0.2) is 5.17 Å². The van der Waals surface area contributed by atoms with Crippen molar-refractivity contribution in [3.05, 3.63) is 0 Å². The molecule has 6 atom stereocenters. The molecule has 0 unspecified atom stereocenters. The summed E-state index contributed by atoms with van der Waals surface area (Å²) in [7, 11) is 0. The maximum Gasteiger partial charge on any atom is 0.159 e. The molecule has 0 aliphatic carbocycles. The Morgan fingerprint density at radius 2 is 2.11 bits per heavy atom. The summed E-state index contributed by atoms with van der Waals surface area (Å²) in [5.74, 6) is 0. The molecular formula is C12H22N2O4S. The Labute approximate surface area is 117 Å². The van der Waals surface area contributed by atoms with Crippen LogP contribution in [0.15, 0.2) is 4.99 Å². The third-order valence-electron chi connectivity index (χ3n) is 3.39. The number of nitrogens with zero attached hydrogens (tertiary/aromatic N) is 1. The van der Waals surface area contributed by atoms with E-state index in [0.717, 1.165) is 18.1 Å². The van der Waals surface area contributed by atoms with E-state index in [4.69, 9.17) is 4.74 Å². The Hall–Kier alpha value is -0.340. The number of hydrogen-bond acceptors (Lipinski definition) is 7. The zero-order valence-electron chi connectivity index (χ0n) is 11.2. The largest absolute Gasteiger partial charge is 0.390 e. The molecule has 0 saturated carbocycles. The minimum atomic E-state index is -1.10. The van der Waals surface area contributed by atoms with Crippen molar-refractivity contribution < 1.29 is 20.1 Å². The van der Waals surface area contributed by atoms with Crippen molar-refractivity contribution in [2.75, 3.05) is 6.54 Å². The highest BCUT2D eigenvalue weighted by Crippen LogP contribution is 2.37. The maximum absolute atomic E-state index is 10.1. The SMILES string of the molecule is CCC[C@@H](O)[C@H]1O[C@@H]2SC(NCC)=N[C@@H]2[C@@H](O)[C@@H]1O. The van der Waals surface area contributed by atoms with Crippen LogP contribution in [-0.4, -0.2) is 62.9 Å². The number of aliphatic hydroxyl groups excluding tert-OH is 3. The third-order valence-corrected chi connectivity index (χ3v) is 4.49. The molecule has 0 spiro atoms. The molecule has 0 aromatic heterocycles. The van der Waals surface area contributed by atoms with E-state index in [0.29, 0.717) is 6.42 Å². The van der Waals surface area contributed by atoms with Crippen LogP contribution in [0.5, 0.6) is 0 Å². The lowest BCUT2D eigenvalue weighted by Gasteiger charge is -2.40. The van der Waals surface area contributed by atoms with Gasteiger partial charge in [0.25, 0.3) is 0 Å². The first-order chi connectivity index (χ1) is 9.08. The van der Waals surface area contributed by atoms with Crippen molar-refractivity contribution in [3.63, 3.8) is 0 Å². The number of hydrogen-bond donors (Lipinski definition) is 4. The van der Waals surface area contributed by atoms with E-state index in [1.54, 1.807) is 0 Å². The number of fused-ring (bicyclic) bond motifs is 1. The van der Waals surface area contributed by atoms with Gasteiger partial charge in [-0.05, 0) is 13.3 Å². The molecule has 0 amide bonds. The second-order valence-electron chi connectivity index (χ2n) is 4.88. The van der Waals surface area contributed by atoms with E-state index >= 15 is 0 Å². The number of rotatable bonds is 4. The predicted molar refractivity (Wildman–Crippen MR) is 74.1 cm³/mol. The molecule has 0 aromatic rings. The summed E-state index contributed by atoms with van der Waals surface area (Å²) >= 11 is 1.40. The Kier molecular flexibility index (Phi) is 5.08. The molecule has 0 aromatic carbocycles. The standard InChI is InChI=1S/C12H22N2O4S/c1-3-5-6(15)10-9(17)8(16)7-11(18-10)19-12(14-7)13-4-2/h6-11,15-17H,3-5H2,1-2H3,(H,13,14)/t6-,7-,8-,9+,10-,11-/m1/s1. The van der Waals surface area contributed by atoms with Crippen molar-refractivity contribution in [1.29, 1.82) is 0 Å². The Morgan fingerprint density at radius 1 is 1.37 bits per heavy atom. The zero-order chi connectivity index (χ0) is 14.0. The van der Waals surface area contributed by atoms with Crippen molar-refractivity contribution in [2.45, 2.75) is 62.6 Å². The van der Waals surface area contributed by atoms with Crippen LogP contribution < -0.4 is 5.32 Å². The fourth-order valence-electron chi connectivity index (χ4n) is 2.40. The second-order valence-corrected chi connectivity index (χ2v) is 5.97. The molecule has 2 heterocycles. The van der Waals surface area contributed by atoms with E-state index in [1.807, 2.05) is 13.8 Å². The molecule has 110 valence electrons. The molecule has 0 bridgehead atoms. The van der Waals surface area contributed by atoms with Gasteiger partial charge in [-0.15, -0.1) is 0 Å². The van der Waals surface area contributed by atoms with Crippen LogP contribution in [0, 0.1) is 0 Å². The molecule has 19 heavy (non-hydrogen) atoms. The van der Waals surface area contributed by atoms with Crippen molar-refractivity contribution in [2.24, 2.45) is 4.99 Å². The third kappa shape index (κ3) is 3.05. The van der Waals surface area contributed by atoms with Crippen molar-refractivity contribution >= 4 is 16.9 Å². The number of ether oxygens (including phenoxy) is 1. The highest BCUT2D eigenvalue weighted by molar-refractivity contribution is 8.14. The number of aliphatic imine (C=N–C) groups is 1. The van der Waals surface area contributed by atoms with Crippen LogP contribution in [0.1, 0.15) is 26.7 Å². The topological polar surface area (TPSA) is 94.3 Å². The van der Waals surface area contributed by atoms with E-state index in [9.17, 15) is 15.3 Å². The van der Waals surface area contributed by atoms with Gasteiger partial charge in [0, 0.05) is 6.54 Å². The van der Waals surface area contributed by atoms with Gasteiger partial charge in [0.1, 0.15) is 29.8 Å². The minimum absolute atomic E-state index is 0.344. The minimum Gasteiger partial charge on any atom is -0.390 e. The average Bonchev–Trinajstić information content (AvgIpc) is 2.77. The number of nitrogens with one attached hydrogen (secondary N) is 1. The van der Waals surface area contributed by atoms with E-state index in [1.165, 1.54) is 11.8 Å². The molecule has 7 heteroatoms. The summed E-state index contributed by atoms with van der Waals surface area (Å²) in [5.41, 5.74) is -0.344. The normalized spacial score (nSPS) is 39.6. The summed E-state index contributed by atoms with van der Waals surface area (Å²) in [6.45, 7) is 4.66. The highest BCUT2D eigenvalue weighted by atomic mass is 32.2. The number of thioether (sulfide) groups is 1. The van der Waals surface area contributed by atoms with Crippen molar-refractivity contribution in [3.8, 4) is 0 Å². The zero-order valence-corrected chi connectivity index (χ0v) is 12.0. The lowest BCUT2D eigenvalue weighted by molar-refractivity contribution is -0.185. The summed E-state index contributed by atoms with van der Waals surface area (Å²) in [6.07, 6.45) is -2.28. The van der Waals surface area contributed by atoms with Crippen LogP contribution in [0.4, 0.5) is 0 Å². The van der Waals surface area contributed by atoms with Gasteiger partial charge < -0.3 is 25.4 Å². The molecule has 2 rings (SSSR count). The fourth-order valence-corrected chi connectivity index (χ4v) is 3.58. The number of aliphatic hydroxyl groups is 3. The molecule has 1 fully saturated rings. The van der Waals surface area contributed by atoms with E-state index in [2.05, 4.69) is 10.3 Å². The summed E-state index contributed by atoms with van der Waals surface area (Å²) in [4.78, 5) is 4.32. The monoisotopic (exact) mass is 290 g/mol. The summed E-state index contributed by atoms with van der Waals surface area (Å²) in [5, 5.41) is 34.0. The lowest BCUT2D eigenvalue weighted by Crippen LogP contribution is -2.58. The van der Waals surface area contributed by atoms with Crippen LogP contribution in [-0.2, 0) is 4.74 Å². The molecule has 4 N–H and O–H groups in total. The molecule has 0 radical (unpaired) electrons. The van der Waals surface area contributed by atoms with E-state index in [-0.39, 0.29) is 5.44 Å². The van der Waals surface area contributed by atoms with Crippen LogP contribution in [0.2, 0.25) is 0 Å². The van der Waals surface area contributed by atoms with Crippen LogP contribution in [0.3, 0.4) is 0 Å². The first-order valence-electron chi connectivity index (χ1n) is 6.76. The van der Waals surface area contributed by atoms with Gasteiger partial charge >= 0.3 is 0 Å². The van der Waals surface area contributed by atoms with Gasteiger partial charge in [-0.3, -0.25) is 4.99 Å². The average molecular weight is 290 g/mol. The molecule has 6 nitrogen and oxygen atoms in total. The second kappa shape index (κ2) is 6.41. The molecular weight excluding hydrogens is 268 g/mol. The first-order valence-corrected chi connectivity index (χ1v) is 7.64. The lowest BCUT2D eigenvalue weighted by atomic mass is 9.93. The summed E-state index contributed by atoms with van der Waals surface area (Å²) < 4.78 is 5.73. The first kappa shape index (κ1) is 15.1. The Morgan fingerprint density at radius 3 is 2.74 bits per heavy atom.